The van der Waals surface area contributed by atoms with Gasteiger partial charge in [0.25, 0.3) is 0 Å². The lowest BCUT2D eigenvalue weighted by Gasteiger charge is -2.25. The van der Waals surface area contributed by atoms with E-state index in [-0.39, 0.29) is 18.4 Å². The third-order valence-electron chi connectivity index (χ3n) is 4.73. The van der Waals surface area contributed by atoms with Gasteiger partial charge in [0.1, 0.15) is 12.2 Å². The van der Waals surface area contributed by atoms with Gasteiger partial charge in [0.2, 0.25) is 0 Å². The summed E-state index contributed by atoms with van der Waals surface area (Å²) in [5.74, 6) is -0.232. The highest BCUT2D eigenvalue weighted by atomic mass is 19.4. The Kier molecular flexibility index (Phi) is 6.92. The Labute approximate surface area is 174 Å². The molecule has 0 radical (unpaired) electrons. The van der Waals surface area contributed by atoms with Crippen LogP contribution in [-0.4, -0.2) is 17.0 Å². The van der Waals surface area contributed by atoms with E-state index < -0.39 is 11.7 Å². The van der Waals surface area contributed by atoms with Crippen LogP contribution in [0.3, 0.4) is 0 Å². The predicted molar refractivity (Wildman–Crippen MR) is 111 cm³/mol. The Balaban J connectivity index is 1.95. The van der Waals surface area contributed by atoms with Gasteiger partial charge in [-0.25, -0.2) is 4.98 Å². The highest BCUT2D eigenvalue weighted by molar-refractivity contribution is 5.66. The molecule has 0 aliphatic carbocycles. The normalized spacial score (nSPS) is 11.4. The van der Waals surface area contributed by atoms with E-state index in [1.165, 1.54) is 4.90 Å². The topological polar surface area (TPSA) is 38.2 Å². The second kappa shape index (κ2) is 9.61. The SMILES string of the molecule is CCCCc1ccccc1N(C)c1nc(OCc2ccccc2)ncc1C(F)(F)F. The standard InChI is InChI=1S/C23H24F3N3O/c1-3-4-12-18-13-8-9-14-20(18)29(2)21-19(23(24,25)26)15-27-22(28-21)30-16-17-10-6-5-7-11-17/h5-11,13-15H,3-4,12,16H2,1-2H3. The number of alkyl halides is 3. The van der Waals surface area contributed by atoms with Crippen molar-refractivity contribution in [1.29, 1.82) is 0 Å². The van der Waals surface area contributed by atoms with Crippen LogP contribution >= 0.6 is 0 Å². The van der Waals surface area contributed by atoms with E-state index in [4.69, 9.17) is 4.74 Å². The molecule has 0 atom stereocenters. The summed E-state index contributed by atoms with van der Waals surface area (Å²) < 4.78 is 46.6. The summed E-state index contributed by atoms with van der Waals surface area (Å²) in [5.41, 5.74) is 1.63. The molecule has 7 heteroatoms. The summed E-state index contributed by atoms with van der Waals surface area (Å²) in [6.45, 7) is 2.25. The first-order chi connectivity index (χ1) is 14.4. The molecule has 0 aliphatic rings. The first-order valence-corrected chi connectivity index (χ1v) is 9.82. The van der Waals surface area contributed by atoms with Crippen molar-refractivity contribution < 1.29 is 17.9 Å². The molecule has 0 fully saturated rings. The summed E-state index contributed by atoms with van der Waals surface area (Å²) in [5, 5.41) is 0. The van der Waals surface area contributed by atoms with Crippen LogP contribution in [0.25, 0.3) is 0 Å². The molecule has 3 rings (SSSR count). The number of benzene rings is 2. The number of halogens is 3. The van der Waals surface area contributed by atoms with Crippen LogP contribution < -0.4 is 9.64 Å². The smallest absolute Gasteiger partial charge is 0.421 e. The number of hydrogen-bond acceptors (Lipinski definition) is 4. The number of aromatic nitrogens is 2. The van der Waals surface area contributed by atoms with Gasteiger partial charge in [-0.2, -0.15) is 18.2 Å². The Bertz CT molecular complexity index is 961. The van der Waals surface area contributed by atoms with E-state index in [1.54, 1.807) is 13.1 Å². The first-order valence-electron chi connectivity index (χ1n) is 9.82. The van der Waals surface area contributed by atoms with Crippen molar-refractivity contribution in [2.24, 2.45) is 0 Å². The minimum atomic E-state index is -4.58. The summed E-state index contributed by atoms with van der Waals surface area (Å²) in [7, 11) is 1.59. The van der Waals surface area contributed by atoms with Crippen LogP contribution in [0.2, 0.25) is 0 Å². The van der Waals surface area contributed by atoms with Crippen molar-refractivity contribution in [2.45, 2.75) is 39.0 Å². The molecule has 2 aromatic carbocycles. The van der Waals surface area contributed by atoms with E-state index in [9.17, 15) is 13.2 Å². The number of hydrogen-bond donors (Lipinski definition) is 0. The first kappa shape index (κ1) is 21.6. The molecule has 0 spiro atoms. The third kappa shape index (κ3) is 5.28. The maximum absolute atomic E-state index is 13.7. The lowest BCUT2D eigenvalue weighted by atomic mass is 10.1. The minimum Gasteiger partial charge on any atom is -0.459 e. The van der Waals surface area contributed by atoms with Gasteiger partial charge in [0.05, 0.1) is 0 Å². The largest absolute Gasteiger partial charge is 0.459 e. The second-order valence-corrected chi connectivity index (χ2v) is 6.95. The van der Waals surface area contributed by atoms with Crippen LogP contribution in [0.5, 0.6) is 6.01 Å². The maximum Gasteiger partial charge on any atom is 0.421 e. The Morgan fingerprint density at radius 2 is 1.70 bits per heavy atom. The van der Waals surface area contributed by atoms with Crippen LogP contribution in [-0.2, 0) is 19.2 Å². The Hall–Kier alpha value is -3.09. The molecule has 0 saturated heterocycles. The Morgan fingerprint density at radius 3 is 2.40 bits per heavy atom. The van der Waals surface area contributed by atoms with Crippen molar-refractivity contribution in [1.82, 2.24) is 9.97 Å². The molecule has 3 aromatic rings. The zero-order chi connectivity index (χ0) is 21.6. The average molecular weight is 415 g/mol. The highest BCUT2D eigenvalue weighted by Gasteiger charge is 2.37. The summed E-state index contributed by atoms with van der Waals surface area (Å²) in [4.78, 5) is 9.38. The van der Waals surface area contributed by atoms with Crippen molar-refractivity contribution in [3.05, 3.63) is 77.5 Å². The number of para-hydroxylation sites is 1. The molecule has 0 amide bonds. The number of rotatable bonds is 8. The van der Waals surface area contributed by atoms with E-state index in [0.29, 0.717) is 5.69 Å². The monoisotopic (exact) mass is 415 g/mol. The lowest BCUT2D eigenvalue weighted by Crippen LogP contribution is -2.20. The maximum atomic E-state index is 13.7. The minimum absolute atomic E-state index is 0.0975. The van der Waals surface area contributed by atoms with E-state index >= 15 is 0 Å². The molecule has 0 bridgehead atoms. The van der Waals surface area contributed by atoms with Crippen molar-refractivity contribution in [3.8, 4) is 6.01 Å². The lowest BCUT2D eigenvalue weighted by molar-refractivity contribution is -0.137. The van der Waals surface area contributed by atoms with Crippen LogP contribution in [0.15, 0.2) is 60.8 Å². The van der Waals surface area contributed by atoms with Crippen molar-refractivity contribution in [2.75, 3.05) is 11.9 Å². The molecule has 158 valence electrons. The highest BCUT2D eigenvalue weighted by Crippen LogP contribution is 2.38. The van der Waals surface area contributed by atoms with E-state index in [2.05, 4.69) is 16.9 Å². The van der Waals surface area contributed by atoms with Gasteiger partial charge >= 0.3 is 12.2 Å². The molecule has 0 unspecified atom stereocenters. The molecule has 0 N–H and O–H groups in total. The van der Waals surface area contributed by atoms with Gasteiger partial charge < -0.3 is 9.64 Å². The van der Waals surface area contributed by atoms with Crippen molar-refractivity contribution in [3.63, 3.8) is 0 Å². The summed E-state index contributed by atoms with van der Waals surface area (Å²) in [6, 6.07) is 16.7. The zero-order valence-electron chi connectivity index (χ0n) is 17.0. The fourth-order valence-electron chi connectivity index (χ4n) is 3.14. The van der Waals surface area contributed by atoms with Gasteiger partial charge in [-0.1, -0.05) is 61.9 Å². The van der Waals surface area contributed by atoms with Gasteiger partial charge in [0, 0.05) is 18.9 Å². The number of anilines is 2. The van der Waals surface area contributed by atoms with Crippen LogP contribution in [0.1, 0.15) is 36.5 Å². The van der Waals surface area contributed by atoms with Crippen LogP contribution in [0.4, 0.5) is 24.7 Å². The number of ether oxygens (including phenoxy) is 1. The summed E-state index contributed by atoms with van der Waals surface area (Å²) >= 11 is 0. The third-order valence-corrected chi connectivity index (χ3v) is 4.73. The summed E-state index contributed by atoms with van der Waals surface area (Å²) in [6.07, 6.45) is -1.07. The quantitative estimate of drug-likeness (QED) is 0.440. The molecule has 0 aliphatic heterocycles. The number of unbranched alkanes of at least 4 members (excludes halogenated alkanes) is 1. The van der Waals surface area contributed by atoms with E-state index in [1.807, 2.05) is 48.5 Å². The molecule has 30 heavy (non-hydrogen) atoms. The fourth-order valence-corrected chi connectivity index (χ4v) is 3.14. The molecule has 1 aromatic heterocycles. The van der Waals surface area contributed by atoms with Gasteiger partial charge in [-0.05, 0) is 30.0 Å². The molecule has 4 nitrogen and oxygen atoms in total. The average Bonchev–Trinajstić information content (AvgIpc) is 2.76. The van der Waals surface area contributed by atoms with Gasteiger partial charge in [-0.3, -0.25) is 0 Å². The molecular weight excluding hydrogens is 391 g/mol. The van der Waals surface area contributed by atoms with Gasteiger partial charge in [-0.15, -0.1) is 0 Å². The van der Waals surface area contributed by atoms with Crippen molar-refractivity contribution >= 4 is 11.5 Å². The fraction of sp³-hybridized carbons (Fsp3) is 0.304. The second-order valence-electron chi connectivity index (χ2n) is 6.95. The molecular formula is C23H24F3N3O. The van der Waals surface area contributed by atoms with Gasteiger partial charge in [0.15, 0.2) is 5.82 Å². The molecule has 0 saturated carbocycles. The zero-order valence-corrected chi connectivity index (χ0v) is 17.0. The molecule has 1 heterocycles. The van der Waals surface area contributed by atoms with E-state index in [0.717, 1.165) is 36.6 Å². The van der Waals surface area contributed by atoms with Crippen LogP contribution in [0, 0.1) is 0 Å². The Morgan fingerprint density at radius 1 is 1.00 bits per heavy atom. The number of nitrogens with zero attached hydrogens (tertiary/aromatic N) is 3. The predicted octanol–water partition coefficient (Wildman–Crippen LogP) is 6.18. The number of aryl methyl sites for hydroxylation is 1.